The maximum atomic E-state index is 11.2. The Morgan fingerprint density at radius 3 is 2.47 bits per heavy atom. The molecule has 0 saturated heterocycles. The highest BCUT2D eigenvalue weighted by atomic mass is 16.5. The van der Waals surface area contributed by atoms with Crippen LogP contribution in [0.4, 0.5) is 0 Å². The van der Waals surface area contributed by atoms with Crippen molar-refractivity contribution in [3.05, 3.63) is 35.4 Å². The van der Waals surface area contributed by atoms with Crippen molar-refractivity contribution in [2.75, 3.05) is 13.7 Å². The number of carbonyl (C=O) groups is 2. The first-order chi connectivity index (χ1) is 9.08. The summed E-state index contributed by atoms with van der Waals surface area (Å²) in [5.41, 5.74) is 0.848. The number of rotatable bonds is 3. The Morgan fingerprint density at radius 2 is 1.95 bits per heavy atom. The standard InChI is InChI=1S/C14H14O5/c1-3-19-13(16)9-8-12(15)10-4-6-11(7-5-10)14(17)18-2/h4-7,12,15H,3H2,1-2H3/t12-/m0/s1. The molecule has 5 nitrogen and oxygen atoms in total. The zero-order chi connectivity index (χ0) is 14.3. The fourth-order valence-electron chi connectivity index (χ4n) is 1.30. The summed E-state index contributed by atoms with van der Waals surface area (Å²) in [6.45, 7) is 1.90. The smallest absolute Gasteiger partial charge is 0.384 e. The molecule has 1 aromatic carbocycles. The number of ether oxygens (including phenoxy) is 2. The van der Waals surface area contributed by atoms with E-state index in [0.29, 0.717) is 11.1 Å². The Balaban J connectivity index is 2.75. The number of esters is 2. The van der Waals surface area contributed by atoms with Crippen LogP contribution < -0.4 is 0 Å². The van der Waals surface area contributed by atoms with Crippen LogP contribution in [0.2, 0.25) is 0 Å². The third-order valence-corrected chi connectivity index (χ3v) is 2.23. The van der Waals surface area contributed by atoms with Crippen LogP contribution in [0.5, 0.6) is 0 Å². The molecule has 0 aliphatic heterocycles. The second kappa shape index (κ2) is 7.19. The van der Waals surface area contributed by atoms with Gasteiger partial charge in [-0.1, -0.05) is 18.1 Å². The van der Waals surface area contributed by atoms with Gasteiger partial charge in [-0.05, 0) is 24.6 Å². The minimum atomic E-state index is -1.11. The van der Waals surface area contributed by atoms with E-state index in [2.05, 4.69) is 21.3 Å². The largest absolute Gasteiger partial charge is 0.465 e. The topological polar surface area (TPSA) is 72.8 Å². The monoisotopic (exact) mass is 262 g/mol. The van der Waals surface area contributed by atoms with Gasteiger partial charge in [0.1, 0.15) is 6.10 Å². The molecule has 19 heavy (non-hydrogen) atoms. The third kappa shape index (κ3) is 4.45. The molecule has 1 aromatic rings. The quantitative estimate of drug-likeness (QED) is 0.501. The van der Waals surface area contributed by atoms with Crippen molar-refractivity contribution in [1.29, 1.82) is 0 Å². The third-order valence-electron chi connectivity index (χ3n) is 2.23. The molecule has 1 atom stereocenters. The van der Waals surface area contributed by atoms with Gasteiger partial charge in [0, 0.05) is 5.92 Å². The second-order valence-electron chi connectivity index (χ2n) is 3.51. The van der Waals surface area contributed by atoms with E-state index >= 15 is 0 Å². The molecule has 0 aliphatic rings. The highest BCUT2D eigenvalue weighted by Gasteiger charge is 2.08. The number of benzene rings is 1. The summed E-state index contributed by atoms with van der Waals surface area (Å²) in [7, 11) is 1.29. The lowest BCUT2D eigenvalue weighted by Gasteiger charge is -2.04. The van der Waals surface area contributed by atoms with Gasteiger partial charge in [-0.15, -0.1) is 0 Å². The fourth-order valence-corrected chi connectivity index (χ4v) is 1.30. The van der Waals surface area contributed by atoms with Crippen molar-refractivity contribution in [3.63, 3.8) is 0 Å². The molecule has 0 amide bonds. The van der Waals surface area contributed by atoms with Gasteiger partial charge in [-0.25, -0.2) is 9.59 Å². The second-order valence-corrected chi connectivity index (χ2v) is 3.51. The number of hydrogen-bond donors (Lipinski definition) is 1. The lowest BCUT2D eigenvalue weighted by Crippen LogP contribution is -2.03. The number of aliphatic hydroxyl groups is 1. The van der Waals surface area contributed by atoms with Crippen LogP contribution in [0.3, 0.4) is 0 Å². The predicted molar refractivity (Wildman–Crippen MR) is 67.2 cm³/mol. The van der Waals surface area contributed by atoms with Crippen molar-refractivity contribution in [2.24, 2.45) is 0 Å². The van der Waals surface area contributed by atoms with Crippen molar-refractivity contribution in [2.45, 2.75) is 13.0 Å². The summed E-state index contributed by atoms with van der Waals surface area (Å²) in [5, 5.41) is 9.73. The molecule has 0 bridgehead atoms. The molecule has 1 N–H and O–H groups in total. The Kier molecular flexibility index (Phi) is 5.58. The first-order valence-corrected chi connectivity index (χ1v) is 5.63. The normalized spacial score (nSPS) is 10.9. The molecule has 0 aromatic heterocycles. The first kappa shape index (κ1) is 14.7. The first-order valence-electron chi connectivity index (χ1n) is 5.63. The van der Waals surface area contributed by atoms with Crippen LogP contribution in [-0.2, 0) is 14.3 Å². The van der Waals surface area contributed by atoms with E-state index in [1.54, 1.807) is 6.92 Å². The maximum absolute atomic E-state index is 11.2. The highest BCUT2D eigenvalue weighted by molar-refractivity contribution is 5.89. The summed E-state index contributed by atoms with van der Waals surface area (Å²) >= 11 is 0. The van der Waals surface area contributed by atoms with Gasteiger partial charge in [0.05, 0.1) is 19.3 Å². The van der Waals surface area contributed by atoms with E-state index in [9.17, 15) is 14.7 Å². The minimum Gasteiger partial charge on any atom is -0.465 e. The summed E-state index contributed by atoms with van der Waals surface area (Å²) < 4.78 is 9.16. The van der Waals surface area contributed by atoms with Gasteiger partial charge in [-0.3, -0.25) is 0 Å². The molecule has 100 valence electrons. The van der Waals surface area contributed by atoms with E-state index in [-0.39, 0.29) is 6.61 Å². The Hall–Kier alpha value is -2.32. The van der Waals surface area contributed by atoms with Gasteiger partial charge in [0.2, 0.25) is 0 Å². The molecule has 5 heteroatoms. The highest BCUT2D eigenvalue weighted by Crippen LogP contribution is 2.13. The molecule has 0 fully saturated rings. The van der Waals surface area contributed by atoms with Crippen LogP contribution >= 0.6 is 0 Å². The van der Waals surface area contributed by atoms with E-state index in [1.165, 1.54) is 31.4 Å². The number of methoxy groups -OCH3 is 1. The molecule has 0 spiro atoms. The lowest BCUT2D eigenvalue weighted by atomic mass is 10.1. The van der Waals surface area contributed by atoms with Crippen molar-refractivity contribution in [1.82, 2.24) is 0 Å². The summed E-state index contributed by atoms with van der Waals surface area (Å²) in [6, 6.07) is 6.10. The van der Waals surface area contributed by atoms with Crippen LogP contribution in [-0.4, -0.2) is 30.8 Å². The van der Waals surface area contributed by atoms with Crippen molar-refractivity contribution < 1.29 is 24.2 Å². The van der Waals surface area contributed by atoms with E-state index in [0.717, 1.165) is 0 Å². The number of hydrogen-bond acceptors (Lipinski definition) is 5. The Morgan fingerprint density at radius 1 is 1.32 bits per heavy atom. The zero-order valence-electron chi connectivity index (χ0n) is 10.7. The van der Waals surface area contributed by atoms with Crippen LogP contribution in [0.15, 0.2) is 24.3 Å². The van der Waals surface area contributed by atoms with Gasteiger partial charge in [0.15, 0.2) is 0 Å². The number of aliphatic hydroxyl groups excluding tert-OH is 1. The van der Waals surface area contributed by atoms with E-state index in [4.69, 9.17) is 0 Å². The fraction of sp³-hybridized carbons (Fsp3) is 0.286. The minimum absolute atomic E-state index is 0.234. The average molecular weight is 262 g/mol. The molecular formula is C14H14O5. The molecular weight excluding hydrogens is 248 g/mol. The van der Waals surface area contributed by atoms with Crippen molar-refractivity contribution in [3.8, 4) is 11.8 Å². The Labute approximate surface area is 111 Å². The summed E-state index contributed by atoms with van der Waals surface area (Å²) in [5.74, 6) is 3.39. The van der Waals surface area contributed by atoms with Gasteiger partial charge >= 0.3 is 11.9 Å². The molecule has 0 saturated carbocycles. The van der Waals surface area contributed by atoms with Crippen LogP contribution in [0.25, 0.3) is 0 Å². The summed E-state index contributed by atoms with van der Waals surface area (Å²) in [6.07, 6.45) is -1.11. The summed E-state index contributed by atoms with van der Waals surface area (Å²) in [4.78, 5) is 22.2. The average Bonchev–Trinajstić information content (AvgIpc) is 2.44. The number of carbonyl (C=O) groups excluding carboxylic acids is 2. The van der Waals surface area contributed by atoms with E-state index < -0.39 is 18.0 Å². The van der Waals surface area contributed by atoms with Crippen LogP contribution in [0, 0.1) is 11.8 Å². The van der Waals surface area contributed by atoms with Crippen LogP contribution in [0.1, 0.15) is 28.9 Å². The van der Waals surface area contributed by atoms with Gasteiger partial charge < -0.3 is 14.6 Å². The predicted octanol–water partition coefficient (Wildman–Crippen LogP) is 1.07. The molecule has 0 radical (unpaired) electrons. The van der Waals surface area contributed by atoms with Crippen molar-refractivity contribution >= 4 is 11.9 Å². The maximum Gasteiger partial charge on any atom is 0.384 e. The van der Waals surface area contributed by atoms with Gasteiger partial charge in [0.25, 0.3) is 0 Å². The zero-order valence-corrected chi connectivity index (χ0v) is 10.7. The SMILES string of the molecule is CCOC(=O)C#C[C@H](O)c1ccc(C(=O)OC)cc1. The van der Waals surface area contributed by atoms with Gasteiger partial charge in [-0.2, -0.15) is 0 Å². The Bertz CT molecular complexity index is 507. The molecule has 0 unspecified atom stereocenters. The molecule has 1 rings (SSSR count). The lowest BCUT2D eigenvalue weighted by molar-refractivity contribution is -0.136. The molecule has 0 heterocycles. The van der Waals surface area contributed by atoms with E-state index in [1.807, 2.05) is 0 Å². The molecule has 0 aliphatic carbocycles.